The number of carbonyl (C=O) groups is 2. The summed E-state index contributed by atoms with van der Waals surface area (Å²) < 4.78 is 0. The van der Waals surface area contributed by atoms with Crippen molar-refractivity contribution in [1.29, 1.82) is 0 Å². The molecule has 1 aromatic heterocycles. The van der Waals surface area contributed by atoms with Crippen LogP contribution in [0.5, 0.6) is 0 Å². The van der Waals surface area contributed by atoms with Crippen molar-refractivity contribution >= 4 is 11.9 Å². The van der Waals surface area contributed by atoms with Crippen LogP contribution in [0.15, 0.2) is 48.8 Å². The van der Waals surface area contributed by atoms with Crippen LogP contribution in [0.4, 0.5) is 0 Å². The molecule has 1 aromatic carbocycles. The average Bonchev–Trinajstić information content (AvgIpc) is 2.55. The second kappa shape index (κ2) is 7.28. The molecular weight excluding hydrogens is 284 g/mol. The fraction of sp³-hybridized carbons (Fsp3) is 0.200. The Labute approximate surface area is 127 Å². The normalized spacial score (nSPS) is 11.7. The van der Waals surface area contributed by atoms with E-state index in [0.29, 0.717) is 0 Å². The summed E-state index contributed by atoms with van der Waals surface area (Å²) in [5.41, 5.74) is 6.22. The van der Waals surface area contributed by atoms with E-state index in [1.165, 1.54) is 17.3 Å². The van der Waals surface area contributed by atoms with Crippen LogP contribution >= 0.6 is 0 Å². The first-order valence-corrected chi connectivity index (χ1v) is 6.66. The van der Waals surface area contributed by atoms with E-state index < -0.39 is 17.9 Å². The quantitative estimate of drug-likeness (QED) is 0.808. The monoisotopic (exact) mass is 300 g/mol. The third-order valence-electron chi connectivity index (χ3n) is 3.07. The van der Waals surface area contributed by atoms with Crippen molar-refractivity contribution < 1.29 is 14.7 Å². The lowest BCUT2D eigenvalue weighted by molar-refractivity contribution is -0.151. The van der Waals surface area contributed by atoms with Gasteiger partial charge in [0.2, 0.25) is 5.91 Å². The Morgan fingerprint density at radius 2 is 1.77 bits per heavy atom. The molecular formula is C15H16N4O3. The highest BCUT2D eigenvalue weighted by Crippen LogP contribution is 2.20. The van der Waals surface area contributed by atoms with Crippen molar-refractivity contribution in [1.82, 2.24) is 14.9 Å². The van der Waals surface area contributed by atoms with Crippen LogP contribution in [-0.4, -0.2) is 38.4 Å². The van der Waals surface area contributed by atoms with Gasteiger partial charge in [-0.05, 0) is 11.6 Å². The molecule has 1 unspecified atom stereocenters. The fourth-order valence-corrected chi connectivity index (χ4v) is 2.06. The van der Waals surface area contributed by atoms with Crippen molar-refractivity contribution in [2.24, 2.45) is 5.73 Å². The summed E-state index contributed by atoms with van der Waals surface area (Å²) >= 11 is 0. The van der Waals surface area contributed by atoms with Crippen molar-refractivity contribution in [3.63, 3.8) is 0 Å². The third-order valence-corrected chi connectivity index (χ3v) is 3.07. The molecule has 1 atom stereocenters. The predicted octanol–water partition coefficient (Wildman–Crippen LogP) is 0.590. The second-order valence-electron chi connectivity index (χ2n) is 4.56. The molecule has 2 rings (SSSR count). The van der Waals surface area contributed by atoms with Gasteiger partial charge in [0.1, 0.15) is 0 Å². The van der Waals surface area contributed by atoms with Gasteiger partial charge >= 0.3 is 5.97 Å². The molecule has 7 nitrogen and oxygen atoms in total. The number of hydrogen-bond donors (Lipinski definition) is 2. The van der Waals surface area contributed by atoms with Crippen LogP contribution in [0.2, 0.25) is 0 Å². The summed E-state index contributed by atoms with van der Waals surface area (Å²) in [5, 5.41) is 9.50. The summed E-state index contributed by atoms with van der Waals surface area (Å²) in [6, 6.07) is 9.38. The molecule has 0 spiro atoms. The number of carboxylic acid groups (broad SMARTS) is 1. The number of aromatic nitrogens is 2. The molecule has 3 N–H and O–H groups in total. The van der Waals surface area contributed by atoms with Crippen LogP contribution in [0.3, 0.4) is 0 Å². The topological polar surface area (TPSA) is 109 Å². The second-order valence-corrected chi connectivity index (χ2v) is 4.56. The van der Waals surface area contributed by atoms with E-state index in [9.17, 15) is 14.7 Å². The number of nitrogens with two attached hydrogens (primary N) is 1. The lowest BCUT2D eigenvalue weighted by Gasteiger charge is -2.27. The van der Waals surface area contributed by atoms with E-state index in [1.807, 2.05) is 30.3 Å². The van der Waals surface area contributed by atoms with Crippen molar-refractivity contribution in [2.45, 2.75) is 12.6 Å². The minimum Gasteiger partial charge on any atom is -0.479 e. The minimum absolute atomic E-state index is 0.0488. The standard InChI is InChI=1S/C15H16N4O3/c16-9-12(20)19(10-11-5-2-1-3-6-11)13(15(21)22)14-17-7-4-8-18-14/h1-8,13H,9-10,16H2,(H,21,22). The van der Waals surface area contributed by atoms with Crippen LogP contribution < -0.4 is 5.73 Å². The molecule has 0 fully saturated rings. The van der Waals surface area contributed by atoms with Crippen molar-refractivity contribution in [3.8, 4) is 0 Å². The molecule has 2 aromatic rings. The first kappa shape index (κ1) is 15.6. The minimum atomic E-state index is -1.28. The molecule has 1 heterocycles. The molecule has 1 amide bonds. The maximum atomic E-state index is 12.1. The van der Waals surface area contributed by atoms with Gasteiger partial charge in [-0.2, -0.15) is 0 Å². The first-order valence-electron chi connectivity index (χ1n) is 6.66. The zero-order valence-electron chi connectivity index (χ0n) is 11.8. The first-order chi connectivity index (χ1) is 10.6. The van der Waals surface area contributed by atoms with Gasteiger partial charge in [-0.1, -0.05) is 30.3 Å². The predicted molar refractivity (Wildman–Crippen MR) is 78.5 cm³/mol. The maximum Gasteiger partial charge on any atom is 0.334 e. The van der Waals surface area contributed by atoms with Gasteiger partial charge in [-0.15, -0.1) is 0 Å². The van der Waals surface area contributed by atoms with Crippen molar-refractivity contribution in [2.75, 3.05) is 6.54 Å². The van der Waals surface area contributed by atoms with E-state index in [-0.39, 0.29) is 18.9 Å². The number of carboxylic acids is 1. The number of rotatable bonds is 6. The Hall–Kier alpha value is -2.80. The van der Waals surface area contributed by atoms with Gasteiger partial charge in [0.05, 0.1) is 6.54 Å². The number of benzene rings is 1. The van der Waals surface area contributed by atoms with E-state index in [1.54, 1.807) is 6.07 Å². The van der Waals surface area contributed by atoms with E-state index in [4.69, 9.17) is 5.73 Å². The Bertz CT molecular complexity index is 634. The number of nitrogens with zero attached hydrogens (tertiary/aromatic N) is 3. The summed E-state index contributed by atoms with van der Waals surface area (Å²) in [6.45, 7) is -0.171. The number of carbonyl (C=O) groups excluding carboxylic acids is 1. The zero-order chi connectivity index (χ0) is 15.9. The molecule has 0 radical (unpaired) electrons. The van der Waals surface area contributed by atoms with Gasteiger partial charge in [-0.25, -0.2) is 14.8 Å². The van der Waals surface area contributed by atoms with Crippen LogP contribution in [0, 0.1) is 0 Å². The summed E-state index contributed by atoms with van der Waals surface area (Å²) in [5.74, 6) is -1.64. The Morgan fingerprint density at radius 3 is 2.32 bits per heavy atom. The number of amides is 1. The molecule has 114 valence electrons. The number of aliphatic carboxylic acids is 1. The van der Waals surface area contributed by atoms with Crippen LogP contribution in [0.1, 0.15) is 17.4 Å². The van der Waals surface area contributed by atoms with E-state index >= 15 is 0 Å². The zero-order valence-corrected chi connectivity index (χ0v) is 11.8. The lowest BCUT2D eigenvalue weighted by Crippen LogP contribution is -2.42. The van der Waals surface area contributed by atoms with Gasteiger partial charge in [-0.3, -0.25) is 4.79 Å². The van der Waals surface area contributed by atoms with Crippen LogP contribution in [-0.2, 0) is 16.1 Å². The van der Waals surface area contributed by atoms with Gasteiger partial charge < -0.3 is 15.7 Å². The summed E-state index contributed by atoms with van der Waals surface area (Å²) in [6.07, 6.45) is 2.87. The fourth-order valence-electron chi connectivity index (χ4n) is 2.06. The molecule has 22 heavy (non-hydrogen) atoms. The molecule has 0 saturated carbocycles. The maximum absolute atomic E-state index is 12.1. The Balaban J connectivity index is 2.37. The van der Waals surface area contributed by atoms with Gasteiger partial charge in [0, 0.05) is 18.9 Å². The highest BCUT2D eigenvalue weighted by Gasteiger charge is 2.32. The van der Waals surface area contributed by atoms with Gasteiger partial charge in [0.15, 0.2) is 11.9 Å². The molecule has 0 aliphatic rings. The highest BCUT2D eigenvalue weighted by molar-refractivity contribution is 5.85. The average molecular weight is 300 g/mol. The van der Waals surface area contributed by atoms with Crippen molar-refractivity contribution in [3.05, 3.63) is 60.2 Å². The molecule has 7 heteroatoms. The van der Waals surface area contributed by atoms with Crippen LogP contribution in [0.25, 0.3) is 0 Å². The Kier molecular flexibility index (Phi) is 5.16. The third kappa shape index (κ3) is 3.64. The molecule has 0 aliphatic carbocycles. The largest absolute Gasteiger partial charge is 0.479 e. The molecule has 0 aliphatic heterocycles. The number of hydrogen-bond acceptors (Lipinski definition) is 5. The summed E-state index contributed by atoms with van der Waals surface area (Å²) in [7, 11) is 0. The van der Waals surface area contributed by atoms with E-state index in [2.05, 4.69) is 9.97 Å². The smallest absolute Gasteiger partial charge is 0.334 e. The lowest BCUT2D eigenvalue weighted by atomic mass is 10.1. The highest BCUT2D eigenvalue weighted by atomic mass is 16.4. The van der Waals surface area contributed by atoms with Gasteiger partial charge in [0.25, 0.3) is 0 Å². The molecule has 0 saturated heterocycles. The summed E-state index contributed by atoms with van der Waals surface area (Å²) in [4.78, 5) is 32.8. The SMILES string of the molecule is NCC(=O)N(Cc1ccccc1)C(C(=O)O)c1ncccn1. The van der Waals surface area contributed by atoms with E-state index in [0.717, 1.165) is 5.56 Å². The Morgan fingerprint density at radius 1 is 1.14 bits per heavy atom. The molecule has 0 bridgehead atoms.